The highest BCUT2D eigenvalue weighted by molar-refractivity contribution is 7.22. The summed E-state index contributed by atoms with van der Waals surface area (Å²) in [5.74, 6) is 1.53. The van der Waals surface area contributed by atoms with Gasteiger partial charge in [-0.1, -0.05) is 30.3 Å². The minimum atomic E-state index is 0.733. The molecule has 5 nitrogen and oxygen atoms in total. The molecule has 138 valence electrons. The van der Waals surface area contributed by atoms with Crippen LogP contribution < -0.4 is 5.32 Å². The molecule has 0 spiro atoms. The molecule has 3 heterocycles. The lowest BCUT2D eigenvalue weighted by molar-refractivity contribution is 1.12. The van der Waals surface area contributed by atoms with Crippen molar-refractivity contribution in [1.82, 2.24) is 20.2 Å². The van der Waals surface area contributed by atoms with Crippen LogP contribution in [0.5, 0.6) is 0 Å². The first kappa shape index (κ1) is 16.2. The number of thiophene rings is 1. The predicted octanol–water partition coefficient (Wildman–Crippen LogP) is 6.13. The smallest absolute Gasteiger partial charge is 0.172 e. The largest absolute Gasteiger partial charge is 0.340 e. The monoisotopic (exact) mass is 393 g/mol. The number of hydrogen-bond acceptors (Lipinski definition) is 5. The van der Waals surface area contributed by atoms with Gasteiger partial charge in [-0.25, -0.2) is 9.97 Å². The molecule has 6 heteroatoms. The third kappa shape index (κ3) is 2.81. The van der Waals surface area contributed by atoms with Crippen LogP contribution >= 0.6 is 11.3 Å². The SMILES string of the molecule is c1ccc2sc(-c3nc(Nc4ccc5[nH]ncc5c4)c4ccccc4n3)cc2c1. The average Bonchev–Trinajstić information content (AvgIpc) is 3.40. The van der Waals surface area contributed by atoms with Crippen LogP contribution in [0.1, 0.15) is 0 Å². The van der Waals surface area contributed by atoms with Gasteiger partial charge in [0.25, 0.3) is 0 Å². The second kappa shape index (κ2) is 6.39. The first-order valence-electron chi connectivity index (χ1n) is 9.29. The van der Waals surface area contributed by atoms with Crippen LogP contribution in [-0.4, -0.2) is 20.2 Å². The molecule has 0 aliphatic rings. The molecule has 0 bridgehead atoms. The third-order valence-corrected chi connectivity index (χ3v) is 6.06. The number of anilines is 2. The van der Waals surface area contributed by atoms with Crippen LogP contribution in [0.2, 0.25) is 0 Å². The number of benzene rings is 3. The van der Waals surface area contributed by atoms with E-state index in [2.05, 4.69) is 51.9 Å². The van der Waals surface area contributed by atoms with E-state index in [4.69, 9.17) is 9.97 Å². The van der Waals surface area contributed by atoms with Gasteiger partial charge in [0.1, 0.15) is 5.82 Å². The van der Waals surface area contributed by atoms with Gasteiger partial charge in [0, 0.05) is 21.2 Å². The van der Waals surface area contributed by atoms with Crippen LogP contribution in [0.25, 0.3) is 42.6 Å². The molecule has 0 aliphatic carbocycles. The maximum atomic E-state index is 4.89. The zero-order chi connectivity index (χ0) is 19.2. The van der Waals surface area contributed by atoms with Crippen molar-refractivity contribution < 1.29 is 0 Å². The van der Waals surface area contributed by atoms with Crippen LogP contribution in [0.15, 0.2) is 79.0 Å². The number of nitrogens with zero attached hydrogens (tertiary/aromatic N) is 3. The van der Waals surface area contributed by atoms with E-state index in [1.807, 2.05) is 42.6 Å². The van der Waals surface area contributed by atoms with E-state index in [1.165, 1.54) is 10.1 Å². The molecule has 0 amide bonds. The highest BCUT2D eigenvalue weighted by Crippen LogP contribution is 2.34. The molecule has 6 aromatic rings. The first-order chi connectivity index (χ1) is 14.3. The van der Waals surface area contributed by atoms with Crippen molar-refractivity contribution in [3.8, 4) is 10.7 Å². The summed E-state index contributed by atoms with van der Waals surface area (Å²) in [7, 11) is 0. The van der Waals surface area contributed by atoms with E-state index in [0.717, 1.165) is 44.0 Å². The van der Waals surface area contributed by atoms with Gasteiger partial charge < -0.3 is 5.32 Å². The normalized spacial score (nSPS) is 11.4. The van der Waals surface area contributed by atoms with Gasteiger partial charge in [0.2, 0.25) is 0 Å². The van der Waals surface area contributed by atoms with E-state index in [1.54, 1.807) is 11.3 Å². The maximum absolute atomic E-state index is 4.89. The van der Waals surface area contributed by atoms with E-state index in [-0.39, 0.29) is 0 Å². The lowest BCUT2D eigenvalue weighted by atomic mass is 10.2. The summed E-state index contributed by atoms with van der Waals surface area (Å²) in [4.78, 5) is 10.8. The minimum absolute atomic E-state index is 0.733. The molecule has 3 aromatic carbocycles. The standard InChI is InChI=1S/C23H15N5S/c1-4-8-20-14(5-1)12-21(29-20)23-26-19-7-3-2-6-17(19)22(27-23)25-16-9-10-18-15(11-16)13-24-28-18/h1-13H,(H,24,28)(H,25,26,27). The number of fused-ring (bicyclic) bond motifs is 3. The summed E-state index contributed by atoms with van der Waals surface area (Å²) in [6.45, 7) is 0. The fraction of sp³-hybridized carbons (Fsp3) is 0. The number of aromatic amines is 1. The second-order valence-electron chi connectivity index (χ2n) is 6.86. The van der Waals surface area contributed by atoms with Crippen molar-refractivity contribution in [1.29, 1.82) is 0 Å². The third-order valence-electron chi connectivity index (χ3n) is 4.95. The Kier molecular flexibility index (Phi) is 3.57. The van der Waals surface area contributed by atoms with E-state index in [0.29, 0.717) is 0 Å². The van der Waals surface area contributed by atoms with Gasteiger partial charge in [-0.3, -0.25) is 5.10 Å². The van der Waals surface area contributed by atoms with Crippen LogP contribution in [0.3, 0.4) is 0 Å². The molecule has 0 unspecified atom stereocenters. The lowest BCUT2D eigenvalue weighted by Gasteiger charge is -2.10. The van der Waals surface area contributed by atoms with E-state index < -0.39 is 0 Å². The zero-order valence-corrected chi connectivity index (χ0v) is 16.1. The number of rotatable bonds is 3. The van der Waals surface area contributed by atoms with Gasteiger partial charge in [-0.15, -0.1) is 11.3 Å². The minimum Gasteiger partial charge on any atom is -0.340 e. The molecule has 0 saturated heterocycles. The molecule has 6 rings (SSSR count). The molecular formula is C23H15N5S. The number of hydrogen-bond donors (Lipinski definition) is 2. The number of H-pyrrole nitrogens is 1. The molecule has 0 radical (unpaired) electrons. The molecule has 0 fully saturated rings. The average molecular weight is 393 g/mol. The number of nitrogens with one attached hydrogen (secondary N) is 2. The van der Waals surface area contributed by atoms with Crippen molar-refractivity contribution in [2.75, 3.05) is 5.32 Å². The molecular weight excluding hydrogens is 378 g/mol. The van der Waals surface area contributed by atoms with Gasteiger partial charge in [0.05, 0.1) is 22.1 Å². The summed E-state index contributed by atoms with van der Waals surface area (Å²) >= 11 is 1.71. The van der Waals surface area contributed by atoms with Crippen molar-refractivity contribution in [2.24, 2.45) is 0 Å². The summed E-state index contributed by atoms with van der Waals surface area (Å²) < 4.78 is 1.24. The Morgan fingerprint density at radius 1 is 0.828 bits per heavy atom. The van der Waals surface area contributed by atoms with Gasteiger partial charge in [-0.2, -0.15) is 5.10 Å². The van der Waals surface area contributed by atoms with Crippen molar-refractivity contribution >= 4 is 54.7 Å². The summed E-state index contributed by atoms with van der Waals surface area (Å²) in [6, 6.07) is 24.7. The summed E-state index contributed by atoms with van der Waals surface area (Å²) in [5.41, 5.74) is 2.89. The Morgan fingerprint density at radius 2 is 1.72 bits per heavy atom. The molecule has 0 atom stereocenters. The highest BCUT2D eigenvalue weighted by atomic mass is 32.1. The van der Waals surface area contributed by atoms with Crippen molar-refractivity contribution in [2.45, 2.75) is 0 Å². The first-order valence-corrected chi connectivity index (χ1v) is 10.1. The fourth-order valence-corrected chi connectivity index (χ4v) is 4.53. The lowest BCUT2D eigenvalue weighted by Crippen LogP contribution is -1.98. The van der Waals surface area contributed by atoms with Crippen molar-refractivity contribution in [3.05, 3.63) is 79.0 Å². The van der Waals surface area contributed by atoms with E-state index in [9.17, 15) is 0 Å². The Morgan fingerprint density at radius 3 is 2.69 bits per heavy atom. The van der Waals surface area contributed by atoms with E-state index >= 15 is 0 Å². The molecule has 3 aromatic heterocycles. The Bertz CT molecular complexity index is 1460. The molecule has 0 aliphatic heterocycles. The fourth-order valence-electron chi connectivity index (χ4n) is 3.53. The van der Waals surface area contributed by atoms with Gasteiger partial charge in [-0.05, 0) is 47.9 Å². The summed E-state index contributed by atoms with van der Waals surface area (Å²) in [5, 5.41) is 13.8. The highest BCUT2D eigenvalue weighted by Gasteiger charge is 2.12. The van der Waals surface area contributed by atoms with Crippen LogP contribution in [-0.2, 0) is 0 Å². The second-order valence-corrected chi connectivity index (χ2v) is 7.94. The molecule has 29 heavy (non-hydrogen) atoms. The maximum Gasteiger partial charge on any atom is 0.172 e. The zero-order valence-electron chi connectivity index (χ0n) is 15.3. The quantitative estimate of drug-likeness (QED) is 0.379. The van der Waals surface area contributed by atoms with Gasteiger partial charge >= 0.3 is 0 Å². The Labute approximate surface area is 170 Å². The topological polar surface area (TPSA) is 66.5 Å². The summed E-state index contributed by atoms with van der Waals surface area (Å²) in [6.07, 6.45) is 1.82. The van der Waals surface area contributed by atoms with Gasteiger partial charge in [0.15, 0.2) is 5.82 Å². The number of para-hydroxylation sites is 1. The predicted molar refractivity (Wildman–Crippen MR) is 120 cm³/mol. The van der Waals surface area contributed by atoms with Crippen LogP contribution in [0, 0.1) is 0 Å². The number of aromatic nitrogens is 4. The van der Waals surface area contributed by atoms with Crippen molar-refractivity contribution in [3.63, 3.8) is 0 Å². The molecule has 0 saturated carbocycles. The van der Waals surface area contributed by atoms with Crippen LogP contribution in [0.4, 0.5) is 11.5 Å². The Balaban J connectivity index is 1.50. The Hall–Kier alpha value is -3.77. The molecule has 2 N–H and O–H groups in total.